The molecule has 1 aromatic rings. The van der Waals surface area contributed by atoms with Crippen molar-refractivity contribution in [3.05, 3.63) is 21.3 Å². The van der Waals surface area contributed by atoms with Gasteiger partial charge >= 0.3 is 0 Å². The SMILES string of the molecule is CC(C)(C)C(CCCl)NC(=O)c1ccc(Cl)s1. The van der Waals surface area contributed by atoms with Crippen LogP contribution in [0, 0.1) is 5.41 Å². The lowest BCUT2D eigenvalue weighted by atomic mass is 9.85. The Morgan fingerprint density at radius 2 is 2.12 bits per heavy atom. The van der Waals surface area contributed by atoms with E-state index in [9.17, 15) is 4.79 Å². The highest BCUT2D eigenvalue weighted by Crippen LogP contribution is 2.25. The summed E-state index contributed by atoms with van der Waals surface area (Å²) in [6.45, 7) is 6.27. The van der Waals surface area contributed by atoms with Gasteiger partial charge in [0.05, 0.1) is 9.21 Å². The Kier molecular flexibility index (Phi) is 5.29. The highest BCUT2D eigenvalue weighted by atomic mass is 35.5. The van der Waals surface area contributed by atoms with Crippen LogP contribution in [0.2, 0.25) is 4.34 Å². The molecule has 1 atom stereocenters. The maximum Gasteiger partial charge on any atom is 0.261 e. The molecule has 0 fully saturated rings. The van der Waals surface area contributed by atoms with Crippen molar-refractivity contribution in [2.75, 3.05) is 5.88 Å². The smallest absolute Gasteiger partial charge is 0.261 e. The molecule has 1 rings (SSSR count). The van der Waals surface area contributed by atoms with Crippen molar-refractivity contribution in [1.82, 2.24) is 5.32 Å². The van der Waals surface area contributed by atoms with Gasteiger partial charge in [-0.3, -0.25) is 4.79 Å². The Balaban J connectivity index is 2.71. The first-order valence-electron chi connectivity index (χ1n) is 5.46. The molecule has 1 amide bonds. The van der Waals surface area contributed by atoms with Crippen molar-refractivity contribution >= 4 is 40.4 Å². The second-order valence-corrected chi connectivity index (χ2v) is 7.07. The Hall–Kier alpha value is -0.250. The monoisotopic (exact) mass is 293 g/mol. The number of hydrogen-bond donors (Lipinski definition) is 1. The molecule has 0 bridgehead atoms. The first kappa shape index (κ1) is 14.8. The van der Waals surface area contributed by atoms with Crippen LogP contribution in [0.3, 0.4) is 0 Å². The van der Waals surface area contributed by atoms with Crippen LogP contribution in [0.5, 0.6) is 0 Å². The maximum atomic E-state index is 12.0. The Labute approximate surface area is 116 Å². The van der Waals surface area contributed by atoms with E-state index in [4.69, 9.17) is 23.2 Å². The number of hydrogen-bond acceptors (Lipinski definition) is 2. The summed E-state index contributed by atoms with van der Waals surface area (Å²) in [6.07, 6.45) is 0.760. The van der Waals surface area contributed by atoms with Crippen LogP contribution < -0.4 is 5.32 Å². The quantitative estimate of drug-likeness (QED) is 0.829. The highest BCUT2D eigenvalue weighted by molar-refractivity contribution is 7.17. The van der Waals surface area contributed by atoms with Gasteiger partial charge in [-0.2, -0.15) is 0 Å². The summed E-state index contributed by atoms with van der Waals surface area (Å²) in [6, 6.07) is 3.53. The summed E-state index contributed by atoms with van der Waals surface area (Å²) in [4.78, 5) is 12.6. The average molecular weight is 294 g/mol. The minimum atomic E-state index is -0.0769. The molecule has 0 aromatic carbocycles. The van der Waals surface area contributed by atoms with E-state index in [0.29, 0.717) is 15.1 Å². The molecular weight excluding hydrogens is 277 g/mol. The van der Waals surface area contributed by atoms with Crippen LogP contribution in [-0.4, -0.2) is 17.8 Å². The lowest BCUT2D eigenvalue weighted by Crippen LogP contribution is -2.43. The normalized spacial score (nSPS) is 13.5. The minimum absolute atomic E-state index is 0.00833. The van der Waals surface area contributed by atoms with Crippen LogP contribution in [0.1, 0.15) is 36.9 Å². The van der Waals surface area contributed by atoms with Crippen molar-refractivity contribution in [2.24, 2.45) is 5.41 Å². The number of carbonyl (C=O) groups is 1. The summed E-state index contributed by atoms with van der Waals surface area (Å²) >= 11 is 12.9. The molecule has 0 radical (unpaired) electrons. The molecule has 1 aromatic heterocycles. The Morgan fingerprint density at radius 1 is 1.47 bits per heavy atom. The summed E-state index contributed by atoms with van der Waals surface area (Å²) in [7, 11) is 0. The number of thiophene rings is 1. The number of rotatable bonds is 4. The molecule has 96 valence electrons. The topological polar surface area (TPSA) is 29.1 Å². The van der Waals surface area contributed by atoms with Gasteiger partial charge in [0.25, 0.3) is 5.91 Å². The predicted octanol–water partition coefficient (Wildman–Crippen LogP) is 4.17. The number of carbonyl (C=O) groups excluding carboxylic acids is 1. The van der Waals surface area contributed by atoms with E-state index >= 15 is 0 Å². The van der Waals surface area contributed by atoms with Crippen LogP contribution in [0.4, 0.5) is 0 Å². The van der Waals surface area contributed by atoms with Crippen LogP contribution in [0.15, 0.2) is 12.1 Å². The molecule has 0 saturated heterocycles. The van der Waals surface area contributed by atoms with Gasteiger partial charge in [0.2, 0.25) is 0 Å². The second-order valence-electron chi connectivity index (χ2n) is 4.97. The Morgan fingerprint density at radius 3 is 2.53 bits per heavy atom. The van der Waals surface area contributed by atoms with Crippen molar-refractivity contribution in [2.45, 2.75) is 33.2 Å². The van der Waals surface area contributed by atoms with Gasteiger partial charge in [0.1, 0.15) is 0 Å². The Bertz CT molecular complexity index is 384. The molecule has 17 heavy (non-hydrogen) atoms. The van der Waals surface area contributed by atoms with Crippen LogP contribution >= 0.6 is 34.5 Å². The van der Waals surface area contributed by atoms with E-state index in [1.807, 2.05) is 0 Å². The van der Waals surface area contributed by atoms with Gasteiger partial charge in [0.15, 0.2) is 0 Å². The zero-order valence-corrected chi connectivity index (χ0v) is 12.5. The molecule has 5 heteroatoms. The van der Waals surface area contributed by atoms with Crippen LogP contribution in [-0.2, 0) is 0 Å². The van der Waals surface area contributed by atoms with E-state index in [1.165, 1.54) is 11.3 Å². The van der Waals surface area contributed by atoms with Gasteiger partial charge in [0, 0.05) is 11.9 Å². The zero-order chi connectivity index (χ0) is 13.1. The van der Waals surface area contributed by atoms with Crippen molar-refractivity contribution in [3.63, 3.8) is 0 Å². The number of nitrogens with one attached hydrogen (secondary N) is 1. The minimum Gasteiger partial charge on any atom is -0.348 e. The molecule has 0 aliphatic rings. The fraction of sp³-hybridized carbons (Fsp3) is 0.583. The van der Waals surface area contributed by atoms with Crippen molar-refractivity contribution < 1.29 is 4.79 Å². The first-order chi connectivity index (χ1) is 7.84. The molecule has 1 heterocycles. The summed E-state index contributed by atoms with van der Waals surface area (Å²) in [5.41, 5.74) is -0.00833. The second kappa shape index (κ2) is 6.07. The average Bonchev–Trinajstić information content (AvgIpc) is 2.62. The summed E-state index contributed by atoms with van der Waals surface area (Å²) in [5.74, 6) is 0.458. The van der Waals surface area contributed by atoms with Gasteiger partial charge in [-0.25, -0.2) is 0 Å². The van der Waals surface area contributed by atoms with E-state index in [0.717, 1.165) is 6.42 Å². The largest absolute Gasteiger partial charge is 0.348 e. The standard InChI is InChI=1S/C12H17Cl2NOS/c1-12(2,3)9(6-7-13)15-11(16)8-4-5-10(14)17-8/h4-5,9H,6-7H2,1-3H3,(H,15,16). The zero-order valence-electron chi connectivity index (χ0n) is 10.2. The molecule has 0 saturated carbocycles. The number of halogens is 2. The van der Waals surface area contributed by atoms with Crippen molar-refractivity contribution in [1.29, 1.82) is 0 Å². The lowest BCUT2D eigenvalue weighted by Gasteiger charge is -2.30. The number of amides is 1. The number of alkyl halides is 1. The molecule has 1 N–H and O–H groups in total. The fourth-order valence-corrected chi connectivity index (χ4v) is 2.66. The highest BCUT2D eigenvalue weighted by Gasteiger charge is 2.26. The fourth-order valence-electron chi connectivity index (χ4n) is 1.50. The molecular formula is C12H17Cl2NOS. The molecule has 2 nitrogen and oxygen atoms in total. The first-order valence-corrected chi connectivity index (χ1v) is 7.19. The summed E-state index contributed by atoms with van der Waals surface area (Å²) in [5, 5.41) is 3.02. The van der Waals surface area contributed by atoms with Gasteiger partial charge in [-0.15, -0.1) is 22.9 Å². The van der Waals surface area contributed by atoms with Gasteiger partial charge in [-0.05, 0) is 24.0 Å². The van der Waals surface area contributed by atoms with E-state index < -0.39 is 0 Å². The third-order valence-corrected chi connectivity index (χ3v) is 3.99. The predicted molar refractivity (Wildman–Crippen MR) is 75.4 cm³/mol. The van der Waals surface area contributed by atoms with E-state index in [2.05, 4.69) is 26.1 Å². The lowest BCUT2D eigenvalue weighted by molar-refractivity contribution is 0.0904. The maximum absolute atomic E-state index is 12.0. The molecule has 1 unspecified atom stereocenters. The molecule has 0 aliphatic heterocycles. The molecule has 0 spiro atoms. The van der Waals surface area contributed by atoms with Gasteiger partial charge < -0.3 is 5.32 Å². The van der Waals surface area contributed by atoms with Gasteiger partial charge in [-0.1, -0.05) is 32.4 Å². The van der Waals surface area contributed by atoms with Crippen molar-refractivity contribution in [3.8, 4) is 0 Å². The third kappa shape index (κ3) is 4.49. The third-order valence-electron chi connectivity index (χ3n) is 2.55. The van der Waals surface area contributed by atoms with E-state index in [-0.39, 0.29) is 17.4 Å². The summed E-state index contributed by atoms with van der Waals surface area (Å²) < 4.78 is 0.625. The van der Waals surface area contributed by atoms with Crippen LogP contribution in [0.25, 0.3) is 0 Å². The molecule has 0 aliphatic carbocycles. The van der Waals surface area contributed by atoms with E-state index in [1.54, 1.807) is 12.1 Å².